The van der Waals surface area contributed by atoms with E-state index in [1.807, 2.05) is 0 Å². The Hall–Kier alpha value is -2.29. The lowest BCUT2D eigenvalue weighted by atomic mass is 10.3. The van der Waals surface area contributed by atoms with E-state index in [-0.39, 0.29) is 17.3 Å². The normalized spacial score (nSPS) is 10.0. The predicted octanol–water partition coefficient (Wildman–Crippen LogP) is 1.34. The molecule has 0 radical (unpaired) electrons. The van der Waals surface area contributed by atoms with Crippen LogP contribution in [-0.4, -0.2) is 15.0 Å². The average molecular weight is 190 g/mol. The van der Waals surface area contributed by atoms with Crippen molar-refractivity contribution in [3.63, 3.8) is 0 Å². The van der Waals surface area contributed by atoms with E-state index in [1.54, 1.807) is 0 Å². The van der Waals surface area contributed by atoms with Gasteiger partial charge in [0.25, 0.3) is 0 Å². The van der Waals surface area contributed by atoms with Gasteiger partial charge < -0.3 is 5.73 Å². The zero-order valence-corrected chi connectivity index (χ0v) is 6.98. The number of pyridine rings is 1. The Morgan fingerprint density at radius 2 is 2.21 bits per heavy atom. The van der Waals surface area contributed by atoms with Crippen molar-refractivity contribution in [2.24, 2.45) is 0 Å². The quantitative estimate of drug-likeness (QED) is 0.680. The fourth-order valence-electron chi connectivity index (χ4n) is 1.09. The summed E-state index contributed by atoms with van der Waals surface area (Å²) in [6.07, 6.45) is 1.04. The summed E-state index contributed by atoms with van der Waals surface area (Å²) in [7, 11) is 0. The first-order valence-electron chi connectivity index (χ1n) is 3.70. The molecule has 0 unspecified atom stereocenters. The maximum atomic E-state index is 12.8. The molecular formula is C8H5FN5+. The van der Waals surface area contributed by atoms with Crippen molar-refractivity contribution >= 4 is 22.8 Å². The summed E-state index contributed by atoms with van der Waals surface area (Å²) in [6, 6.07) is 1.19. The summed E-state index contributed by atoms with van der Waals surface area (Å²) in [5, 5.41) is 0. The van der Waals surface area contributed by atoms with Crippen LogP contribution in [0.25, 0.3) is 15.9 Å². The van der Waals surface area contributed by atoms with E-state index in [2.05, 4.69) is 19.8 Å². The van der Waals surface area contributed by atoms with Crippen LogP contribution in [-0.2, 0) is 0 Å². The summed E-state index contributed by atoms with van der Waals surface area (Å²) in [6.45, 7) is 5.07. The van der Waals surface area contributed by atoms with Crippen molar-refractivity contribution in [1.82, 2.24) is 15.0 Å². The summed E-state index contributed by atoms with van der Waals surface area (Å²) in [5.74, 6) is -0.375. The minimum Gasteiger partial charge on any atom is -0.346 e. The molecule has 0 saturated heterocycles. The van der Waals surface area contributed by atoms with Crippen LogP contribution in [0.2, 0.25) is 0 Å². The predicted molar refractivity (Wildman–Crippen MR) is 49.7 cm³/mol. The second-order valence-corrected chi connectivity index (χ2v) is 2.56. The number of hydrogen-bond acceptors (Lipinski definition) is 4. The third kappa shape index (κ3) is 1.21. The average Bonchev–Trinajstić information content (AvgIpc) is 2.15. The van der Waals surface area contributed by atoms with Gasteiger partial charge in [-0.05, 0) is 0 Å². The number of nitrogen functional groups attached to an aromatic ring is 1. The molecule has 5 nitrogen and oxygen atoms in total. The van der Waals surface area contributed by atoms with Gasteiger partial charge in [0, 0.05) is 11.1 Å². The van der Waals surface area contributed by atoms with Crippen molar-refractivity contribution in [1.29, 1.82) is 0 Å². The monoisotopic (exact) mass is 190 g/mol. The highest BCUT2D eigenvalue weighted by atomic mass is 19.1. The van der Waals surface area contributed by atoms with Crippen LogP contribution in [0.5, 0.6) is 0 Å². The van der Waals surface area contributed by atoms with Gasteiger partial charge >= 0.3 is 11.8 Å². The van der Waals surface area contributed by atoms with Gasteiger partial charge in [0.2, 0.25) is 5.52 Å². The van der Waals surface area contributed by atoms with Crippen LogP contribution in [0.1, 0.15) is 0 Å². The Morgan fingerprint density at radius 3 is 2.93 bits per heavy atom. The lowest BCUT2D eigenvalue weighted by molar-refractivity contribution is 0.624. The van der Waals surface area contributed by atoms with Gasteiger partial charge in [0.15, 0.2) is 0 Å². The number of rotatable bonds is 0. The van der Waals surface area contributed by atoms with E-state index in [1.165, 1.54) is 6.07 Å². The molecule has 0 aliphatic carbocycles. The van der Waals surface area contributed by atoms with Gasteiger partial charge in [0.1, 0.15) is 17.9 Å². The highest BCUT2D eigenvalue weighted by Crippen LogP contribution is 2.21. The Bertz CT molecular complexity index is 540. The minimum absolute atomic E-state index is 0.0194. The molecule has 0 bridgehead atoms. The SMILES string of the molecule is C#[N+]c1nc(N)nc2cc(F)cnc12. The summed E-state index contributed by atoms with van der Waals surface area (Å²) in [4.78, 5) is 14.7. The number of nitrogens with zero attached hydrogens (tertiary/aromatic N) is 4. The Morgan fingerprint density at radius 1 is 1.43 bits per heavy atom. The van der Waals surface area contributed by atoms with Gasteiger partial charge in [-0.15, -0.1) is 0 Å². The fraction of sp³-hybridized carbons (Fsp3) is 0. The van der Waals surface area contributed by atoms with Gasteiger partial charge in [0.05, 0.1) is 6.20 Å². The standard InChI is InChI=1S/C8H5FN5/c1-11-7-6-5(13-8(10)14-7)2-4(9)3-12-6/h1-3H,(H2,10,13,14)/q+1. The third-order valence-corrected chi connectivity index (χ3v) is 1.62. The molecule has 0 aliphatic rings. The summed E-state index contributed by atoms with van der Waals surface area (Å²) < 4.78 is 12.8. The maximum Gasteiger partial charge on any atom is 0.456 e. The minimum atomic E-state index is -0.501. The molecule has 0 atom stereocenters. The largest absolute Gasteiger partial charge is 0.456 e. The molecular weight excluding hydrogens is 185 g/mol. The zero-order valence-electron chi connectivity index (χ0n) is 6.98. The molecule has 6 heteroatoms. The van der Waals surface area contributed by atoms with E-state index in [9.17, 15) is 4.39 Å². The van der Waals surface area contributed by atoms with Crippen molar-refractivity contribution in [2.45, 2.75) is 0 Å². The summed E-state index contributed by atoms with van der Waals surface area (Å²) in [5.41, 5.74) is 5.96. The summed E-state index contributed by atoms with van der Waals surface area (Å²) >= 11 is 0. The van der Waals surface area contributed by atoms with E-state index >= 15 is 0 Å². The topological polar surface area (TPSA) is 69.0 Å². The van der Waals surface area contributed by atoms with Crippen molar-refractivity contribution < 1.29 is 4.39 Å². The van der Waals surface area contributed by atoms with Crippen LogP contribution in [0.4, 0.5) is 16.2 Å². The first-order valence-corrected chi connectivity index (χ1v) is 3.70. The lowest BCUT2D eigenvalue weighted by Gasteiger charge is -1.92. The van der Waals surface area contributed by atoms with E-state index in [4.69, 9.17) is 12.3 Å². The number of hydrogen-bond donors (Lipinski definition) is 1. The highest BCUT2D eigenvalue weighted by Gasteiger charge is 2.16. The molecule has 2 rings (SSSR count). The highest BCUT2D eigenvalue weighted by molar-refractivity contribution is 5.86. The van der Waals surface area contributed by atoms with E-state index in [0.29, 0.717) is 5.52 Å². The molecule has 0 spiro atoms. The first-order chi connectivity index (χ1) is 6.70. The van der Waals surface area contributed by atoms with Gasteiger partial charge in [-0.25, -0.2) is 9.37 Å². The number of nitrogens with two attached hydrogens (primary N) is 1. The molecule has 2 heterocycles. The van der Waals surface area contributed by atoms with Crippen LogP contribution >= 0.6 is 0 Å². The Balaban J connectivity index is 2.89. The Kier molecular flexibility index (Phi) is 1.71. The molecule has 0 fully saturated rings. The molecule has 2 aromatic rings. The molecule has 0 aromatic carbocycles. The van der Waals surface area contributed by atoms with Crippen LogP contribution < -0.4 is 5.73 Å². The lowest BCUT2D eigenvalue weighted by Crippen LogP contribution is -1.96. The second-order valence-electron chi connectivity index (χ2n) is 2.56. The van der Waals surface area contributed by atoms with Crippen LogP contribution in [0.3, 0.4) is 0 Å². The maximum absolute atomic E-state index is 12.8. The molecule has 0 saturated carbocycles. The molecule has 14 heavy (non-hydrogen) atoms. The molecule has 0 aliphatic heterocycles. The van der Waals surface area contributed by atoms with Crippen LogP contribution in [0, 0.1) is 12.4 Å². The Labute approximate surface area is 78.2 Å². The molecule has 2 aromatic heterocycles. The molecule has 2 N–H and O–H groups in total. The van der Waals surface area contributed by atoms with Gasteiger partial charge in [-0.3, -0.25) is 0 Å². The number of aromatic nitrogens is 3. The smallest absolute Gasteiger partial charge is 0.346 e. The fourth-order valence-corrected chi connectivity index (χ4v) is 1.09. The number of fused-ring (bicyclic) bond motifs is 1. The third-order valence-electron chi connectivity index (χ3n) is 1.62. The van der Waals surface area contributed by atoms with E-state index in [0.717, 1.165) is 6.20 Å². The van der Waals surface area contributed by atoms with Gasteiger partial charge in [-0.1, -0.05) is 0 Å². The second kappa shape index (κ2) is 2.88. The number of halogens is 1. The number of anilines is 1. The van der Waals surface area contributed by atoms with Crippen molar-refractivity contribution in [3.8, 4) is 6.57 Å². The van der Waals surface area contributed by atoms with Gasteiger partial charge in [-0.2, -0.15) is 9.83 Å². The molecule has 68 valence electrons. The van der Waals surface area contributed by atoms with E-state index < -0.39 is 5.82 Å². The zero-order chi connectivity index (χ0) is 10.1. The van der Waals surface area contributed by atoms with Crippen molar-refractivity contribution in [2.75, 3.05) is 5.73 Å². The van der Waals surface area contributed by atoms with Crippen LogP contribution in [0.15, 0.2) is 12.3 Å². The first kappa shape index (κ1) is 8.31. The molecule has 0 amide bonds. The van der Waals surface area contributed by atoms with Crippen molar-refractivity contribution in [3.05, 3.63) is 22.9 Å².